The first-order valence-electron chi connectivity index (χ1n) is 13.8. The Morgan fingerprint density at radius 3 is 2.54 bits per heavy atom. The van der Waals surface area contributed by atoms with Crippen molar-refractivity contribution in [1.29, 1.82) is 0 Å². The van der Waals surface area contributed by atoms with Gasteiger partial charge >= 0.3 is 6.03 Å². The predicted molar refractivity (Wildman–Crippen MR) is 155 cm³/mol. The quantitative estimate of drug-likeness (QED) is 0.282. The van der Waals surface area contributed by atoms with Crippen LogP contribution in [0, 0.1) is 11.6 Å². The molecule has 0 aliphatic carbocycles. The van der Waals surface area contributed by atoms with Crippen molar-refractivity contribution in [2.24, 2.45) is 7.05 Å². The number of amides is 2. The van der Waals surface area contributed by atoms with Gasteiger partial charge < -0.3 is 14.6 Å². The molecular formula is C31H36F2N6O2. The number of benzene rings is 2. The van der Waals surface area contributed by atoms with E-state index in [1.165, 1.54) is 6.07 Å². The second-order valence-electron chi connectivity index (χ2n) is 10.8. The molecule has 3 heterocycles. The van der Waals surface area contributed by atoms with Crippen LogP contribution in [0.15, 0.2) is 67.0 Å². The number of para-hydroxylation sites is 1. The van der Waals surface area contributed by atoms with Crippen molar-refractivity contribution in [3.05, 3.63) is 89.8 Å². The van der Waals surface area contributed by atoms with Gasteiger partial charge in [-0.15, -0.1) is 0 Å². The van der Waals surface area contributed by atoms with Crippen LogP contribution in [0.3, 0.4) is 0 Å². The van der Waals surface area contributed by atoms with Gasteiger partial charge in [0, 0.05) is 63.2 Å². The molecule has 1 saturated heterocycles. The van der Waals surface area contributed by atoms with Crippen molar-refractivity contribution < 1.29 is 18.3 Å². The number of carbonyl (C=O) groups excluding carboxylic acids is 1. The van der Waals surface area contributed by atoms with Crippen molar-refractivity contribution in [3.8, 4) is 16.9 Å². The van der Waals surface area contributed by atoms with Crippen LogP contribution in [0.25, 0.3) is 16.9 Å². The summed E-state index contributed by atoms with van der Waals surface area (Å²) in [5.74, 6) is -1.38. The Bertz CT molecular complexity index is 1500. The number of methoxy groups -OCH3 is 1. The molecule has 1 aliphatic rings. The Labute approximate surface area is 238 Å². The summed E-state index contributed by atoms with van der Waals surface area (Å²) in [6, 6.07) is 14.9. The lowest BCUT2D eigenvalue weighted by molar-refractivity contribution is 0.159. The molecule has 1 aliphatic heterocycles. The summed E-state index contributed by atoms with van der Waals surface area (Å²) in [5.41, 5.74) is 4.12. The van der Waals surface area contributed by atoms with Gasteiger partial charge in [0.05, 0.1) is 24.0 Å². The molecule has 0 saturated carbocycles. The maximum Gasteiger partial charge on any atom is 0.320 e. The van der Waals surface area contributed by atoms with E-state index in [0.717, 1.165) is 28.6 Å². The SMILES string of the molecule is COCCN1C[C@@H](NC(=O)Nc2c(C(C)C)c(-c3ccn(C)c3)nn2-c2ccccc2)[C@H](c2ccc(F)c(F)c2)C1. The molecular weight excluding hydrogens is 526 g/mol. The predicted octanol–water partition coefficient (Wildman–Crippen LogP) is 5.52. The minimum Gasteiger partial charge on any atom is -0.383 e. The lowest BCUT2D eigenvalue weighted by atomic mass is 9.94. The van der Waals surface area contributed by atoms with Crippen LogP contribution in [-0.4, -0.2) is 64.7 Å². The molecule has 2 aromatic heterocycles. The number of nitrogens with zero attached hydrogens (tertiary/aromatic N) is 4. The van der Waals surface area contributed by atoms with Crippen LogP contribution in [0.5, 0.6) is 0 Å². The molecule has 2 amide bonds. The molecule has 0 unspecified atom stereocenters. The van der Waals surface area contributed by atoms with Crippen LogP contribution in [0.4, 0.5) is 19.4 Å². The van der Waals surface area contributed by atoms with Crippen LogP contribution in [-0.2, 0) is 11.8 Å². The molecule has 2 atom stereocenters. The average Bonchev–Trinajstić information content (AvgIpc) is 3.66. The summed E-state index contributed by atoms with van der Waals surface area (Å²) < 4.78 is 36.8. The fourth-order valence-corrected chi connectivity index (χ4v) is 5.54. The molecule has 10 heteroatoms. The first kappa shape index (κ1) is 28.5. The van der Waals surface area contributed by atoms with Crippen LogP contribution in [0.2, 0.25) is 0 Å². The number of halogens is 2. The lowest BCUT2D eigenvalue weighted by Gasteiger charge is -2.21. The van der Waals surface area contributed by atoms with Gasteiger partial charge in [-0.3, -0.25) is 10.2 Å². The summed E-state index contributed by atoms with van der Waals surface area (Å²) in [7, 11) is 3.60. The van der Waals surface area contributed by atoms with Gasteiger partial charge in [0.15, 0.2) is 11.6 Å². The smallest absolute Gasteiger partial charge is 0.320 e. The van der Waals surface area contributed by atoms with E-state index in [1.54, 1.807) is 17.9 Å². The Morgan fingerprint density at radius 1 is 1.10 bits per heavy atom. The highest BCUT2D eigenvalue weighted by atomic mass is 19.2. The number of rotatable bonds is 9. The van der Waals surface area contributed by atoms with E-state index >= 15 is 0 Å². The second-order valence-corrected chi connectivity index (χ2v) is 10.8. The number of aryl methyl sites for hydroxylation is 1. The van der Waals surface area contributed by atoms with Gasteiger partial charge in [-0.1, -0.05) is 38.1 Å². The normalized spacial score (nSPS) is 17.3. The highest BCUT2D eigenvalue weighted by molar-refractivity contribution is 5.91. The van der Waals surface area contributed by atoms with Crippen molar-refractivity contribution in [1.82, 2.24) is 24.6 Å². The number of ether oxygens (including phenoxy) is 1. The average molecular weight is 563 g/mol. The summed E-state index contributed by atoms with van der Waals surface area (Å²) in [5, 5.41) is 11.2. The molecule has 4 aromatic rings. The zero-order valence-electron chi connectivity index (χ0n) is 23.8. The molecule has 5 rings (SSSR count). The molecule has 8 nitrogen and oxygen atoms in total. The summed E-state index contributed by atoms with van der Waals surface area (Å²) in [4.78, 5) is 15.8. The minimum absolute atomic E-state index is 0.0592. The number of anilines is 1. The van der Waals surface area contributed by atoms with Gasteiger partial charge in [-0.2, -0.15) is 5.10 Å². The van der Waals surface area contributed by atoms with Crippen molar-refractivity contribution in [2.45, 2.75) is 31.7 Å². The van der Waals surface area contributed by atoms with Gasteiger partial charge in [0.2, 0.25) is 0 Å². The largest absolute Gasteiger partial charge is 0.383 e. The Hall–Kier alpha value is -4.02. The Morgan fingerprint density at radius 2 is 1.88 bits per heavy atom. The zero-order chi connectivity index (χ0) is 29.1. The van der Waals surface area contributed by atoms with Crippen molar-refractivity contribution in [2.75, 3.05) is 38.7 Å². The van der Waals surface area contributed by atoms with E-state index in [-0.39, 0.29) is 17.9 Å². The standard InChI is InChI=1S/C31H36F2N6O2/c1-20(2)28-29(22-12-13-37(3)17-22)36-39(23-8-6-5-7-9-23)30(28)35-31(40)34-27-19-38(14-15-41-4)18-24(27)21-10-11-25(32)26(33)16-21/h5-13,16-17,20,24,27H,14-15,18-19H2,1-4H3,(H2,34,35,40)/t24-,27+/m0/s1. The second kappa shape index (κ2) is 12.2. The number of carbonyl (C=O) groups is 1. The maximum atomic E-state index is 14.2. The summed E-state index contributed by atoms with van der Waals surface area (Å²) in [6.45, 7) is 6.47. The van der Waals surface area contributed by atoms with Gasteiger partial charge in [-0.25, -0.2) is 18.3 Å². The Balaban J connectivity index is 1.47. The molecule has 1 fully saturated rings. The molecule has 2 N–H and O–H groups in total. The zero-order valence-corrected chi connectivity index (χ0v) is 23.8. The number of urea groups is 1. The van der Waals surface area contributed by atoms with E-state index in [4.69, 9.17) is 9.84 Å². The fraction of sp³-hybridized carbons (Fsp3) is 0.355. The first-order chi connectivity index (χ1) is 19.7. The number of likely N-dealkylation sites (tertiary alicyclic amines) is 1. The number of nitrogens with one attached hydrogen (secondary N) is 2. The Kier molecular flexibility index (Phi) is 8.51. The fourth-order valence-electron chi connectivity index (χ4n) is 5.54. The van der Waals surface area contributed by atoms with Gasteiger partial charge in [-0.05, 0) is 41.8 Å². The molecule has 216 valence electrons. The number of hydrogen-bond acceptors (Lipinski definition) is 4. The van der Waals surface area contributed by atoms with E-state index in [1.807, 2.05) is 60.4 Å². The third-order valence-electron chi connectivity index (χ3n) is 7.53. The topological polar surface area (TPSA) is 76.3 Å². The molecule has 2 aromatic carbocycles. The minimum atomic E-state index is -0.900. The first-order valence-corrected chi connectivity index (χ1v) is 13.8. The third kappa shape index (κ3) is 6.18. The maximum absolute atomic E-state index is 14.2. The summed E-state index contributed by atoms with van der Waals surface area (Å²) in [6.07, 6.45) is 3.97. The summed E-state index contributed by atoms with van der Waals surface area (Å²) >= 11 is 0. The van der Waals surface area contributed by atoms with Gasteiger partial charge in [0.25, 0.3) is 0 Å². The van der Waals surface area contributed by atoms with E-state index in [2.05, 4.69) is 29.4 Å². The molecule has 0 spiro atoms. The van der Waals surface area contributed by atoms with E-state index in [0.29, 0.717) is 37.6 Å². The van der Waals surface area contributed by atoms with Crippen LogP contribution < -0.4 is 10.6 Å². The number of hydrogen-bond donors (Lipinski definition) is 2. The molecule has 0 bridgehead atoms. The monoisotopic (exact) mass is 562 g/mol. The lowest BCUT2D eigenvalue weighted by Crippen LogP contribution is -2.42. The van der Waals surface area contributed by atoms with E-state index in [9.17, 15) is 13.6 Å². The van der Waals surface area contributed by atoms with Crippen LogP contribution in [0.1, 0.15) is 36.8 Å². The van der Waals surface area contributed by atoms with Crippen molar-refractivity contribution >= 4 is 11.8 Å². The highest BCUT2D eigenvalue weighted by Gasteiger charge is 2.35. The highest BCUT2D eigenvalue weighted by Crippen LogP contribution is 2.37. The van der Waals surface area contributed by atoms with Crippen molar-refractivity contribution in [3.63, 3.8) is 0 Å². The van der Waals surface area contributed by atoms with E-state index < -0.39 is 17.7 Å². The molecule has 41 heavy (non-hydrogen) atoms. The number of aromatic nitrogens is 3. The van der Waals surface area contributed by atoms with Gasteiger partial charge in [0.1, 0.15) is 5.82 Å². The molecule has 0 radical (unpaired) electrons. The third-order valence-corrected chi connectivity index (χ3v) is 7.53. The van der Waals surface area contributed by atoms with Crippen LogP contribution >= 0.6 is 0 Å².